The molecule has 0 aliphatic carbocycles. The molecule has 1 saturated heterocycles. The van der Waals surface area contributed by atoms with E-state index < -0.39 is 0 Å². The van der Waals surface area contributed by atoms with Crippen LogP contribution in [0.25, 0.3) is 0 Å². The van der Waals surface area contributed by atoms with Crippen molar-refractivity contribution in [1.29, 1.82) is 0 Å². The Morgan fingerprint density at radius 2 is 2.11 bits per heavy atom. The summed E-state index contributed by atoms with van der Waals surface area (Å²) in [6.07, 6.45) is 2.53. The van der Waals surface area contributed by atoms with E-state index in [4.69, 9.17) is 14.5 Å². The van der Waals surface area contributed by atoms with Crippen LogP contribution in [0.3, 0.4) is 0 Å². The Hall–Kier alpha value is -1.79. The number of ether oxygens (including phenoxy) is 2. The van der Waals surface area contributed by atoms with Gasteiger partial charge >= 0.3 is 0 Å². The van der Waals surface area contributed by atoms with Crippen molar-refractivity contribution in [2.75, 3.05) is 46.5 Å². The average Bonchev–Trinajstić information content (AvgIpc) is 3.07. The highest BCUT2D eigenvalue weighted by molar-refractivity contribution is 5.79. The SMILES string of the molecule is CCNC(=NCc1ccc(C)cc1OCCOCC)NCC1CCCN1C. The smallest absolute Gasteiger partial charge is 0.191 e. The van der Waals surface area contributed by atoms with Crippen LogP contribution in [0.5, 0.6) is 5.75 Å². The van der Waals surface area contributed by atoms with Gasteiger partial charge in [-0.25, -0.2) is 4.99 Å². The van der Waals surface area contributed by atoms with Gasteiger partial charge in [-0.1, -0.05) is 12.1 Å². The highest BCUT2D eigenvalue weighted by Crippen LogP contribution is 2.21. The van der Waals surface area contributed by atoms with Crippen LogP contribution >= 0.6 is 0 Å². The summed E-state index contributed by atoms with van der Waals surface area (Å²) in [5, 5.41) is 6.83. The molecular formula is C21H36N4O2. The van der Waals surface area contributed by atoms with Gasteiger partial charge in [0.1, 0.15) is 12.4 Å². The fourth-order valence-electron chi connectivity index (χ4n) is 3.24. The highest BCUT2D eigenvalue weighted by Gasteiger charge is 2.20. The van der Waals surface area contributed by atoms with Crippen molar-refractivity contribution in [3.8, 4) is 5.75 Å². The molecule has 1 aromatic rings. The first-order chi connectivity index (χ1) is 13.1. The summed E-state index contributed by atoms with van der Waals surface area (Å²) < 4.78 is 11.3. The minimum atomic E-state index is 0.556. The van der Waals surface area contributed by atoms with Crippen LogP contribution < -0.4 is 15.4 Å². The van der Waals surface area contributed by atoms with E-state index in [2.05, 4.69) is 54.6 Å². The first kappa shape index (κ1) is 21.5. The van der Waals surface area contributed by atoms with Gasteiger partial charge in [0.2, 0.25) is 0 Å². The topological polar surface area (TPSA) is 58.1 Å². The second kappa shape index (κ2) is 11.8. The number of aryl methyl sites for hydroxylation is 1. The zero-order chi connectivity index (χ0) is 19.5. The molecule has 2 rings (SSSR count). The number of hydrogen-bond donors (Lipinski definition) is 2. The fraction of sp³-hybridized carbons (Fsp3) is 0.667. The van der Waals surface area contributed by atoms with Crippen molar-refractivity contribution < 1.29 is 9.47 Å². The molecule has 0 spiro atoms. The predicted octanol–water partition coefficient (Wildman–Crippen LogP) is 2.56. The molecule has 1 aliphatic rings. The molecule has 0 radical (unpaired) electrons. The van der Waals surface area contributed by atoms with Crippen molar-refractivity contribution in [3.05, 3.63) is 29.3 Å². The third-order valence-electron chi connectivity index (χ3n) is 4.84. The van der Waals surface area contributed by atoms with Crippen LogP contribution in [0.4, 0.5) is 0 Å². The predicted molar refractivity (Wildman–Crippen MR) is 112 cm³/mol. The van der Waals surface area contributed by atoms with E-state index in [9.17, 15) is 0 Å². The van der Waals surface area contributed by atoms with Gasteiger partial charge in [-0.15, -0.1) is 0 Å². The fourth-order valence-corrected chi connectivity index (χ4v) is 3.24. The summed E-state index contributed by atoms with van der Waals surface area (Å²) in [7, 11) is 2.20. The number of aliphatic imine (C=N–C) groups is 1. The first-order valence-electron chi connectivity index (χ1n) is 10.2. The monoisotopic (exact) mass is 376 g/mol. The summed E-state index contributed by atoms with van der Waals surface area (Å²) in [5.41, 5.74) is 2.27. The molecule has 1 aliphatic heterocycles. The normalized spacial score (nSPS) is 17.9. The molecule has 0 amide bonds. The van der Waals surface area contributed by atoms with Gasteiger partial charge in [0.15, 0.2) is 5.96 Å². The summed E-state index contributed by atoms with van der Waals surface area (Å²) >= 11 is 0. The zero-order valence-corrected chi connectivity index (χ0v) is 17.4. The van der Waals surface area contributed by atoms with E-state index in [1.54, 1.807) is 0 Å². The maximum atomic E-state index is 5.93. The maximum absolute atomic E-state index is 5.93. The Labute approximate surface area is 164 Å². The second-order valence-electron chi connectivity index (χ2n) is 7.01. The molecule has 6 heteroatoms. The Bertz CT molecular complexity index is 592. The lowest BCUT2D eigenvalue weighted by Gasteiger charge is -2.21. The molecule has 1 atom stereocenters. The third kappa shape index (κ3) is 7.39. The van der Waals surface area contributed by atoms with E-state index in [0.717, 1.165) is 30.4 Å². The molecule has 2 N–H and O–H groups in total. The van der Waals surface area contributed by atoms with Crippen LogP contribution in [0.1, 0.15) is 37.8 Å². The van der Waals surface area contributed by atoms with Gasteiger partial charge in [0, 0.05) is 31.3 Å². The van der Waals surface area contributed by atoms with Crippen LogP contribution in [0, 0.1) is 6.92 Å². The molecule has 0 saturated carbocycles. The minimum absolute atomic E-state index is 0.556. The number of benzene rings is 1. The largest absolute Gasteiger partial charge is 0.491 e. The van der Waals surface area contributed by atoms with E-state index in [1.807, 2.05) is 6.92 Å². The number of hydrogen-bond acceptors (Lipinski definition) is 4. The average molecular weight is 377 g/mol. The Kier molecular flexibility index (Phi) is 9.42. The lowest BCUT2D eigenvalue weighted by molar-refractivity contribution is 0.110. The van der Waals surface area contributed by atoms with Crippen molar-refractivity contribution >= 4 is 5.96 Å². The lowest BCUT2D eigenvalue weighted by Crippen LogP contribution is -2.44. The standard InChI is InChI=1S/C21H36N4O2/c1-5-22-21(24-16-19-8-7-11-25(19)4)23-15-18-10-9-17(3)14-20(18)27-13-12-26-6-2/h9-10,14,19H,5-8,11-13,15-16H2,1-4H3,(H2,22,23,24). The Morgan fingerprint density at radius 3 is 2.81 bits per heavy atom. The van der Waals surface area contributed by atoms with Gasteiger partial charge in [0.25, 0.3) is 0 Å². The summed E-state index contributed by atoms with van der Waals surface area (Å²) in [6, 6.07) is 6.87. The van der Waals surface area contributed by atoms with Gasteiger partial charge in [-0.05, 0) is 58.8 Å². The van der Waals surface area contributed by atoms with E-state index >= 15 is 0 Å². The number of nitrogens with zero attached hydrogens (tertiary/aromatic N) is 2. The summed E-state index contributed by atoms with van der Waals surface area (Å²) in [5.74, 6) is 1.75. The van der Waals surface area contributed by atoms with Crippen molar-refractivity contribution in [2.45, 2.75) is 46.2 Å². The van der Waals surface area contributed by atoms with Crippen LogP contribution in [0.15, 0.2) is 23.2 Å². The Balaban J connectivity index is 1.96. The number of nitrogens with one attached hydrogen (secondary N) is 2. The molecule has 152 valence electrons. The number of likely N-dealkylation sites (tertiary alicyclic amines) is 1. The number of guanidine groups is 1. The molecule has 0 aromatic heterocycles. The summed E-state index contributed by atoms with van der Waals surface area (Å²) in [6.45, 7) is 11.6. The van der Waals surface area contributed by atoms with Gasteiger partial charge in [-0.3, -0.25) is 0 Å². The molecule has 6 nitrogen and oxygen atoms in total. The lowest BCUT2D eigenvalue weighted by atomic mass is 10.1. The molecule has 1 heterocycles. The van der Waals surface area contributed by atoms with E-state index in [1.165, 1.54) is 24.9 Å². The molecular weight excluding hydrogens is 340 g/mol. The number of likely N-dealkylation sites (N-methyl/N-ethyl adjacent to an activating group) is 1. The third-order valence-corrected chi connectivity index (χ3v) is 4.84. The minimum Gasteiger partial charge on any atom is -0.491 e. The van der Waals surface area contributed by atoms with Gasteiger partial charge < -0.3 is 25.0 Å². The van der Waals surface area contributed by atoms with Crippen molar-refractivity contribution in [3.63, 3.8) is 0 Å². The second-order valence-corrected chi connectivity index (χ2v) is 7.01. The van der Waals surface area contributed by atoms with Crippen LogP contribution in [-0.4, -0.2) is 63.4 Å². The molecule has 1 aromatic carbocycles. The quantitative estimate of drug-likeness (QED) is 0.373. The van der Waals surface area contributed by atoms with Crippen LogP contribution in [-0.2, 0) is 11.3 Å². The molecule has 1 fully saturated rings. The maximum Gasteiger partial charge on any atom is 0.191 e. The van der Waals surface area contributed by atoms with Crippen molar-refractivity contribution in [1.82, 2.24) is 15.5 Å². The number of rotatable bonds is 10. The van der Waals surface area contributed by atoms with E-state index in [-0.39, 0.29) is 0 Å². The Morgan fingerprint density at radius 1 is 1.26 bits per heavy atom. The zero-order valence-electron chi connectivity index (χ0n) is 17.4. The summed E-state index contributed by atoms with van der Waals surface area (Å²) in [4.78, 5) is 7.19. The van der Waals surface area contributed by atoms with E-state index in [0.29, 0.717) is 32.4 Å². The first-order valence-corrected chi connectivity index (χ1v) is 10.2. The molecule has 1 unspecified atom stereocenters. The van der Waals surface area contributed by atoms with Gasteiger partial charge in [-0.2, -0.15) is 0 Å². The van der Waals surface area contributed by atoms with Crippen LogP contribution in [0.2, 0.25) is 0 Å². The highest BCUT2D eigenvalue weighted by atomic mass is 16.5. The molecule has 0 bridgehead atoms. The van der Waals surface area contributed by atoms with Crippen molar-refractivity contribution in [2.24, 2.45) is 4.99 Å². The van der Waals surface area contributed by atoms with Gasteiger partial charge in [0.05, 0.1) is 13.2 Å². The molecule has 27 heavy (non-hydrogen) atoms.